The van der Waals surface area contributed by atoms with E-state index in [-0.39, 0.29) is 0 Å². The van der Waals surface area contributed by atoms with Crippen molar-refractivity contribution in [3.8, 4) is 0 Å². The first-order chi connectivity index (χ1) is 8.33. The number of carboxylic acid groups (broad SMARTS) is 4. The third kappa shape index (κ3) is 5.13. The molecule has 110 valence electrons. The van der Waals surface area contributed by atoms with E-state index < -0.39 is 40.5 Å². The van der Waals surface area contributed by atoms with E-state index in [0.717, 1.165) is 7.11 Å². The van der Waals surface area contributed by atoms with Crippen LogP contribution < -0.4 is 0 Å². The summed E-state index contributed by atoms with van der Waals surface area (Å²) in [6.45, 7) is 0. The standard InChI is InChI=1S/C4H3O8P.CH4O4S/c5-1(6)13(2(7)8,3(9)10)4(11)12;1-5-6(2,3)4/h(H3-,5,6,7,8,9,10,11,12);1H3,(H,2,3,4)/p+1. The Labute approximate surface area is 105 Å². The van der Waals surface area contributed by atoms with E-state index in [9.17, 15) is 27.6 Å². The molecule has 0 atom stereocenters. The molecule has 5 N–H and O–H groups in total. The lowest BCUT2D eigenvalue weighted by molar-refractivity contribution is 0.202. The highest BCUT2D eigenvalue weighted by Crippen LogP contribution is 2.61. The van der Waals surface area contributed by atoms with Gasteiger partial charge in [-0.3, -0.25) is 8.74 Å². The zero-order valence-electron chi connectivity index (χ0n) is 8.95. The molecule has 0 aliphatic rings. The molecule has 0 amide bonds. The van der Waals surface area contributed by atoms with Crippen LogP contribution in [0.15, 0.2) is 0 Å². The molecular formula is C5H8O12PS+. The van der Waals surface area contributed by atoms with Crippen LogP contribution in [0.2, 0.25) is 0 Å². The lowest BCUT2D eigenvalue weighted by atomic mass is 11.5. The Balaban J connectivity index is 0. The van der Waals surface area contributed by atoms with E-state index in [1.807, 2.05) is 0 Å². The fraction of sp³-hybridized carbons (Fsp3) is 0.200. The first-order valence-electron chi connectivity index (χ1n) is 3.70. The summed E-state index contributed by atoms with van der Waals surface area (Å²) < 4.78 is 29.7. The number of hydrogen-bond acceptors (Lipinski definition) is 7. The second-order valence-electron chi connectivity index (χ2n) is 2.40. The SMILES string of the molecule is COS(=O)(=O)O.O=C(O)[P+](C(=O)O)(C(=O)O)C(=O)O. The minimum Gasteiger partial charge on any atom is -0.450 e. The van der Waals surface area contributed by atoms with Gasteiger partial charge in [-0.2, -0.15) is 8.42 Å². The van der Waals surface area contributed by atoms with Crippen molar-refractivity contribution in [2.75, 3.05) is 7.11 Å². The van der Waals surface area contributed by atoms with Crippen molar-refractivity contribution in [1.82, 2.24) is 0 Å². The first kappa shape index (κ1) is 19.5. The van der Waals surface area contributed by atoms with Crippen LogP contribution in [-0.2, 0) is 14.6 Å². The molecule has 0 aliphatic carbocycles. The maximum absolute atomic E-state index is 10.3. The van der Waals surface area contributed by atoms with Gasteiger partial charge in [-0.25, -0.2) is 19.2 Å². The van der Waals surface area contributed by atoms with Crippen LogP contribution in [-0.4, -0.2) is 63.3 Å². The summed E-state index contributed by atoms with van der Waals surface area (Å²) >= 11 is 0. The Hall–Kier alpha value is -1.82. The van der Waals surface area contributed by atoms with Crippen LogP contribution in [0.4, 0.5) is 19.2 Å². The Kier molecular flexibility index (Phi) is 7.13. The van der Waals surface area contributed by atoms with Gasteiger partial charge in [0.1, 0.15) is 0 Å². The lowest BCUT2D eigenvalue weighted by Crippen LogP contribution is -2.25. The first-order valence-corrected chi connectivity index (χ1v) is 6.85. The second-order valence-corrected chi connectivity index (χ2v) is 6.46. The average Bonchev–Trinajstić information content (AvgIpc) is 2.15. The minimum atomic E-state index is -5.12. The van der Waals surface area contributed by atoms with E-state index in [1.165, 1.54) is 0 Å². The summed E-state index contributed by atoms with van der Waals surface area (Å²) in [6.07, 6.45) is 0. The topological polar surface area (TPSA) is 213 Å². The number of rotatable bonds is 5. The van der Waals surface area contributed by atoms with Crippen molar-refractivity contribution in [2.24, 2.45) is 0 Å². The van der Waals surface area contributed by atoms with Gasteiger partial charge in [0.25, 0.3) is 0 Å². The molecule has 0 heterocycles. The zero-order chi connectivity index (χ0) is 16.0. The van der Waals surface area contributed by atoms with Crippen LogP contribution in [0.1, 0.15) is 0 Å². The van der Waals surface area contributed by atoms with Gasteiger partial charge in [-0.15, -0.1) is 0 Å². The van der Waals surface area contributed by atoms with E-state index in [4.69, 9.17) is 25.0 Å². The molecule has 0 aromatic rings. The predicted octanol–water partition coefficient (Wildman–Crippen LogP) is 1.15. The largest absolute Gasteiger partial charge is 0.486 e. The van der Waals surface area contributed by atoms with Crippen molar-refractivity contribution in [3.05, 3.63) is 0 Å². The highest BCUT2D eigenvalue weighted by Gasteiger charge is 2.74. The van der Waals surface area contributed by atoms with Gasteiger partial charge in [-0.05, 0) is 0 Å². The van der Waals surface area contributed by atoms with Crippen molar-refractivity contribution in [2.45, 2.75) is 0 Å². The van der Waals surface area contributed by atoms with Gasteiger partial charge in [-0.1, -0.05) is 0 Å². The molecule has 0 bridgehead atoms. The summed E-state index contributed by atoms with van der Waals surface area (Å²) in [5.41, 5.74) is -9.39. The normalized spacial score (nSPS) is 10.8. The molecule has 0 rings (SSSR count). The zero-order valence-corrected chi connectivity index (χ0v) is 10.7. The van der Waals surface area contributed by atoms with Gasteiger partial charge in [0.05, 0.1) is 7.11 Å². The number of carbonyl (C=O) groups is 4. The molecule has 0 radical (unpaired) electrons. The summed E-state index contributed by atoms with van der Waals surface area (Å²) in [5, 5.41) is 33.0. The molecular weight excluding hydrogens is 315 g/mol. The second kappa shape index (κ2) is 6.94. The van der Waals surface area contributed by atoms with Crippen molar-refractivity contribution in [3.63, 3.8) is 0 Å². The Morgan fingerprint density at radius 3 is 1.00 bits per heavy atom. The predicted molar refractivity (Wildman–Crippen MR) is 57.6 cm³/mol. The van der Waals surface area contributed by atoms with Crippen LogP contribution in [0.3, 0.4) is 0 Å². The summed E-state index contributed by atoms with van der Waals surface area (Å²) in [6, 6.07) is 0. The molecule has 0 aromatic carbocycles. The average molecular weight is 323 g/mol. The van der Waals surface area contributed by atoms with Gasteiger partial charge in [0, 0.05) is 0 Å². The summed E-state index contributed by atoms with van der Waals surface area (Å²) in [5.74, 6) is 0. The summed E-state index contributed by atoms with van der Waals surface area (Å²) in [7, 11) is -8.41. The van der Waals surface area contributed by atoms with Crippen molar-refractivity contribution < 1.29 is 56.8 Å². The van der Waals surface area contributed by atoms with Crippen LogP contribution in [0.5, 0.6) is 0 Å². The molecule has 0 unspecified atom stereocenters. The monoisotopic (exact) mass is 323 g/mol. The fourth-order valence-electron chi connectivity index (χ4n) is 0.491. The smallest absolute Gasteiger partial charge is 0.450 e. The van der Waals surface area contributed by atoms with Gasteiger partial charge < -0.3 is 20.4 Å². The molecule has 0 saturated carbocycles. The summed E-state index contributed by atoms with van der Waals surface area (Å²) in [4.78, 5) is 41.0. The molecule has 0 aromatic heterocycles. The van der Waals surface area contributed by atoms with E-state index >= 15 is 0 Å². The molecule has 19 heavy (non-hydrogen) atoms. The van der Waals surface area contributed by atoms with E-state index in [1.54, 1.807) is 0 Å². The van der Waals surface area contributed by atoms with Gasteiger partial charge >= 0.3 is 40.5 Å². The maximum Gasteiger partial charge on any atom is 0.486 e. The Morgan fingerprint density at radius 1 is 0.842 bits per heavy atom. The highest BCUT2D eigenvalue weighted by atomic mass is 32.3. The highest BCUT2D eigenvalue weighted by molar-refractivity contribution is 8.24. The van der Waals surface area contributed by atoms with Crippen LogP contribution >= 0.6 is 7.26 Å². The van der Waals surface area contributed by atoms with Gasteiger partial charge in [0.15, 0.2) is 0 Å². The molecule has 0 fully saturated rings. The van der Waals surface area contributed by atoms with Crippen molar-refractivity contribution in [1.29, 1.82) is 0 Å². The molecule has 0 saturated heterocycles. The van der Waals surface area contributed by atoms with Crippen LogP contribution in [0, 0.1) is 0 Å². The quantitative estimate of drug-likeness (QED) is 0.356. The number of hydrogen-bond donors (Lipinski definition) is 5. The Morgan fingerprint density at radius 2 is 1.00 bits per heavy atom. The third-order valence-electron chi connectivity index (χ3n) is 1.36. The van der Waals surface area contributed by atoms with E-state index in [2.05, 4.69) is 4.18 Å². The minimum absolute atomic E-state index is 0.870. The maximum atomic E-state index is 10.3. The molecule has 12 nitrogen and oxygen atoms in total. The fourth-order valence-corrected chi connectivity index (χ4v) is 1.47. The van der Waals surface area contributed by atoms with Gasteiger partial charge in [0.2, 0.25) is 0 Å². The molecule has 0 aliphatic heterocycles. The third-order valence-corrected chi connectivity index (χ3v) is 4.08. The van der Waals surface area contributed by atoms with Crippen molar-refractivity contribution >= 4 is 40.5 Å². The Bertz CT molecular complexity index is 429. The molecule has 14 heteroatoms. The lowest BCUT2D eigenvalue weighted by Gasteiger charge is -2.02. The van der Waals surface area contributed by atoms with E-state index in [0.29, 0.717) is 0 Å². The van der Waals surface area contributed by atoms with Crippen LogP contribution in [0.25, 0.3) is 0 Å². The molecule has 0 spiro atoms.